The van der Waals surface area contributed by atoms with Crippen LogP contribution in [-0.4, -0.2) is 11.8 Å². The monoisotopic (exact) mass is 361 g/mol. The van der Waals surface area contributed by atoms with Crippen LogP contribution in [0.2, 0.25) is 0 Å². The van der Waals surface area contributed by atoms with Crippen molar-refractivity contribution < 1.29 is 14.3 Å². The maximum atomic E-state index is 12.9. The molecule has 4 heteroatoms. The van der Waals surface area contributed by atoms with E-state index in [0.717, 1.165) is 16.9 Å². The van der Waals surface area contributed by atoms with Crippen LogP contribution < -0.4 is 9.64 Å². The lowest BCUT2D eigenvalue weighted by molar-refractivity contribution is -0.122. The Labute approximate surface area is 159 Å². The number of nitrogens with zero attached hydrogens (tertiary/aromatic N) is 1. The Hall–Kier alpha value is -2.88. The summed E-state index contributed by atoms with van der Waals surface area (Å²) in [6.07, 6.45) is 4.70. The van der Waals surface area contributed by atoms with Crippen LogP contribution >= 0.6 is 0 Å². The number of aryl methyl sites for hydroxylation is 2. The van der Waals surface area contributed by atoms with Crippen LogP contribution in [0.15, 0.2) is 54.6 Å². The first-order valence-corrected chi connectivity index (χ1v) is 9.36. The van der Waals surface area contributed by atoms with E-state index in [1.807, 2.05) is 63.3 Å². The number of benzene rings is 2. The molecule has 1 aliphatic carbocycles. The van der Waals surface area contributed by atoms with Crippen LogP contribution in [0.3, 0.4) is 0 Å². The van der Waals surface area contributed by atoms with Gasteiger partial charge in [-0.3, -0.25) is 14.5 Å². The van der Waals surface area contributed by atoms with E-state index in [0.29, 0.717) is 17.9 Å². The average Bonchev–Trinajstić information content (AvgIpc) is 2.91. The summed E-state index contributed by atoms with van der Waals surface area (Å²) in [6, 6.07) is 13.2. The number of hydrogen-bond acceptors (Lipinski definition) is 3. The van der Waals surface area contributed by atoms with Crippen molar-refractivity contribution in [1.82, 2.24) is 0 Å². The molecule has 2 amide bonds. The highest BCUT2D eigenvalue weighted by atomic mass is 16.5. The number of hydrogen-bond donors (Lipinski definition) is 0. The van der Waals surface area contributed by atoms with E-state index < -0.39 is 0 Å². The van der Waals surface area contributed by atoms with Crippen molar-refractivity contribution in [3.8, 4) is 11.5 Å². The van der Waals surface area contributed by atoms with Gasteiger partial charge in [0.25, 0.3) is 0 Å². The fourth-order valence-corrected chi connectivity index (χ4v) is 4.14. The molecule has 2 aliphatic rings. The third-order valence-electron chi connectivity index (χ3n) is 5.60. The summed E-state index contributed by atoms with van der Waals surface area (Å²) in [7, 11) is 0. The van der Waals surface area contributed by atoms with Gasteiger partial charge in [-0.15, -0.1) is 0 Å². The van der Waals surface area contributed by atoms with Crippen molar-refractivity contribution >= 4 is 17.5 Å². The highest BCUT2D eigenvalue weighted by Crippen LogP contribution is 2.41. The number of carbonyl (C=O) groups is 2. The molecule has 2 aromatic carbocycles. The van der Waals surface area contributed by atoms with E-state index in [-0.39, 0.29) is 29.6 Å². The standard InChI is InChI=1S/C23H23NO3/c1-14-6-5-9-19-20(14)23(26)24(22(19)25)17-10-12-18(13-11-17)27-21-15(2)7-4-8-16(21)3/h4-8,10-14,19-20H,9H2,1-3H3/t14-,19-,20-/m0/s1. The van der Waals surface area contributed by atoms with Gasteiger partial charge in [0, 0.05) is 0 Å². The van der Waals surface area contributed by atoms with Gasteiger partial charge in [-0.25, -0.2) is 0 Å². The number of carbonyl (C=O) groups excluding carboxylic acids is 2. The highest BCUT2D eigenvalue weighted by molar-refractivity contribution is 6.22. The summed E-state index contributed by atoms with van der Waals surface area (Å²) in [5, 5.41) is 0. The van der Waals surface area contributed by atoms with Crippen molar-refractivity contribution in [3.05, 3.63) is 65.7 Å². The maximum absolute atomic E-state index is 12.9. The molecule has 4 nitrogen and oxygen atoms in total. The summed E-state index contributed by atoms with van der Waals surface area (Å²) < 4.78 is 6.02. The Bertz CT molecular complexity index is 909. The number of ether oxygens (including phenoxy) is 1. The largest absolute Gasteiger partial charge is 0.457 e. The first-order valence-electron chi connectivity index (χ1n) is 9.36. The number of amides is 2. The van der Waals surface area contributed by atoms with Crippen molar-refractivity contribution in [2.24, 2.45) is 17.8 Å². The van der Waals surface area contributed by atoms with Gasteiger partial charge in [0.15, 0.2) is 0 Å². The van der Waals surface area contributed by atoms with Crippen LogP contribution in [-0.2, 0) is 9.59 Å². The molecule has 0 bridgehead atoms. The SMILES string of the molecule is Cc1cccc(C)c1Oc1ccc(N2C(=O)[C@@H]3[C@H](CC=C[C@@H]3C)C2=O)cc1. The maximum Gasteiger partial charge on any atom is 0.238 e. The molecule has 2 aromatic rings. The van der Waals surface area contributed by atoms with Gasteiger partial charge >= 0.3 is 0 Å². The second-order valence-corrected chi connectivity index (χ2v) is 7.48. The molecule has 3 atom stereocenters. The molecule has 4 rings (SSSR count). The second-order valence-electron chi connectivity index (χ2n) is 7.48. The van der Waals surface area contributed by atoms with Crippen LogP contribution in [0.4, 0.5) is 5.69 Å². The number of allylic oxidation sites excluding steroid dienone is 2. The molecule has 138 valence electrons. The van der Waals surface area contributed by atoms with Crippen LogP contribution in [0.1, 0.15) is 24.5 Å². The Morgan fingerprint density at radius 1 is 0.963 bits per heavy atom. The third kappa shape index (κ3) is 2.95. The average molecular weight is 361 g/mol. The molecule has 0 radical (unpaired) electrons. The van der Waals surface area contributed by atoms with E-state index in [2.05, 4.69) is 0 Å². The lowest BCUT2D eigenvalue weighted by Gasteiger charge is -2.22. The van der Waals surface area contributed by atoms with Crippen LogP contribution in [0.5, 0.6) is 11.5 Å². The van der Waals surface area contributed by atoms with Gasteiger partial charge in [0.1, 0.15) is 11.5 Å². The van der Waals surface area contributed by atoms with Crippen molar-refractivity contribution in [2.75, 3.05) is 4.90 Å². The van der Waals surface area contributed by atoms with E-state index >= 15 is 0 Å². The lowest BCUT2D eigenvalue weighted by Crippen LogP contribution is -2.31. The predicted octanol–water partition coefficient (Wildman–Crippen LogP) is 4.80. The Balaban J connectivity index is 1.58. The van der Waals surface area contributed by atoms with Gasteiger partial charge < -0.3 is 4.74 Å². The summed E-state index contributed by atoms with van der Waals surface area (Å²) in [6.45, 7) is 6.02. The Kier molecular flexibility index (Phi) is 4.34. The van der Waals surface area contributed by atoms with E-state index in [9.17, 15) is 9.59 Å². The normalized spacial score (nSPS) is 24.3. The summed E-state index contributed by atoms with van der Waals surface area (Å²) in [4.78, 5) is 27.0. The Morgan fingerprint density at radius 2 is 1.63 bits per heavy atom. The number of para-hydroxylation sites is 1. The number of rotatable bonds is 3. The van der Waals surface area contributed by atoms with E-state index in [4.69, 9.17) is 4.74 Å². The summed E-state index contributed by atoms with van der Waals surface area (Å²) >= 11 is 0. The first-order chi connectivity index (χ1) is 13.0. The van der Waals surface area contributed by atoms with Crippen molar-refractivity contribution in [1.29, 1.82) is 0 Å². The van der Waals surface area contributed by atoms with Gasteiger partial charge in [0.2, 0.25) is 11.8 Å². The molecule has 1 heterocycles. The topological polar surface area (TPSA) is 46.6 Å². The quantitative estimate of drug-likeness (QED) is 0.583. The molecular formula is C23H23NO3. The molecule has 0 spiro atoms. The molecule has 0 N–H and O–H groups in total. The van der Waals surface area contributed by atoms with Crippen molar-refractivity contribution in [2.45, 2.75) is 27.2 Å². The molecule has 0 unspecified atom stereocenters. The summed E-state index contributed by atoms with van der Waals surface area (Å²) in [5.41, 5.74) is 2.74. The third-order valence-corrected chi connectivity index (χ3v) is 5.60. The Morgan fingerprint density at radius 3 is 2.26 bits per heavy atom. The minimum Gasteiger partial charge on any atom is -0.457 e. The van der Waals surface area contributed by atoms with Crippen LogP contribution in [0.25, 0.3) is 0 Å². The smallest absolute Gasteiger partial charge is 0.238 e. The van der Waals surface area contributed by atoms with Gasteiger partial charge in [-0.1, -0.05) is 37.3 Å². The van der Waals surface area contributed by atoms with Gasteiger partial charge in [-0.05, 0) is 61.6 Å². The van der Waals surface area contributed by atoms with Gasteiger partial charge in [0.05, 0.1) is 17.5 Å². The minimum atomic E-state index is -0.243. The zero-order valence-corrected chi connectivity index (χ0v) is 15.8. The first kappa shape index (κ1) is 17.5. The predicted molar refractivity (Wildman–Crippen MR) is 105 cm³/mol. The molecule has 1 aliphatic heterocycles. The molecule has 1 saturated heterocycles. The summed E-state index contributed by atoms with van der Waals surface area (Å²) in [5.74, 6) is 0.954. The van der Waals surface area contributed by atoms with Crippen molar-refractivity contribution in [3.63, 3.8) is 0 Å². The molecule has 0 saturated carbocycles. The fourth-order valence-electron chi connectivity index (χ4n) is 4.14. The van der Waals surface area contributed by atoms with E-state index in [1.165, 1.54) is 4.90 Å². The fraction of sp³-hybridized carbons (Fsp3) is 0.304. The zero-order chi connectivity index (χ0) is 19.1. The highest BCUT2D eigenvalue weighted by Gasteiger charge is 2.50. The number of fused-ring (bicyclic) bond motifs is 1. The molecule has 1 fully saturated rings. The number of anilines is 1. The van der Waals surface area contributed by atoms with Gasteiger partial charge in [-0.2, -0.15) is 0 Å². The zero-order valence-electron chi connectivity index (χ0n) is 15.8. The molecular weight excluding hydrogens is 338 g/mol. The second kappa shape index (κ2) is 6.69. The molecule has 27 heavy (non-hydrogen) atoms. The van der Waals surface area contributed by atoms with E-state index in [1.54, 1.807) is 12.1 Å². The lowest BCUT2D eigenvalue weighted by atomic mass is 9.78. The molecule has 0 aromatic heterocycles. The minimum absolute atomic E-state index is 0.0923. The van der Waals surface area contributed by atoms with Crippen LogP contribution in [0, 0.1) is 31.6 Å². The number of imide groups is 1.